The van der Waals surface area contributed by atoms with Crippen LogP contribution in [0, 0.1) is 11.8 Å². The second-order valence-electron chi connectivity index (χ2n) is 8.64. The summed E-state index contributed by atoms with van der Waals surface area (Å²) in [5.74, 6) is 1.43. The molecule has 32 heavy (non-hydrogen) atoms. The van der Waals surface area contributed by atoms with Crippen molar-refractivity contribution in [3.05, 3.63) is 71.5 Å². The Kier molecular flexibility index (Phi) is 5.47. The molecule has 0 spiro atoms. The van der Waals surface area contributed by atoms with Gasteiger partial charge in [0.25, 0.3) is 0 Å². The van der Waals surface area contributed by atoms with Crippen LogP contribution in [0.5, 0.6) is 5.75 Å². The Morgan fingerprint density at radius 3 is 2.34 bits per heavy atom. The third kappa shape index (κ3) is 4.02. The van der Waals surface area contributed by atoms with E-state index in [0.717, 1.165) is 24.2 Å². The van der Waals surface area contributed by atoms with Gasteiger partial charge < -0.3 is 9.64 Å². The molecule has 2 heterocycles. The van der Waals surface area contributed by atoms with Crippen molar-refractivity contribution in [2.24, 2.45) is 11.8 Å². The van der Waals surface area contributed by atoms with Gasteiger partial charge in [-0.1, -0.05) is 54.1 Å². The van der Waals surface area contributed by atoms with E-state index in [-0.39, 0.29) is 28.6 Å². The molecule has 2 fully saturated rings. The second-order valence-corrected chi connectivity index (χ2v) is 9.05. The number of amides is 1. The fraction of sp³-hybridized carbons (Fsp3) is 0.320. The lowest BCUT2D eigenvalue weighted by Crippen LogP contribution is -2.34. The Morgan fingerprint density at radius 1 is 1.00 bits per heavy atom. The van der Waals surface area contributed by atoms with E-state index in [2.05, 4.69) is 29.4 Å². The molecule has 0 radical (unpaired) electrons. The number of fused-ring (bicyclic) bond motifs is 1. The smallest absolute Gasteiger partial charge is 0.344 e. The molecule has 1 aromatic heterocycles. The Morgan fingerprint density at radius 2 is 1.69 bits per heavy atom. The van der Waals surface area contributed by atoms with Gasteiger partial charge in [0.2, 0.25) is 0 Å². The van der Waals surface area contributed by atoms with Gasteiger partial charge in [0.15, 0.2) is 5.78 Å². The molecular formula is C25H24ClN3O3. The summed E-state index contributed by atoms with van der Waals surface area (Å²) in [6.07, 6.45) is 3.41. The molecule has 1 saturated carbocycles. The lowest BCUT2D eigenvalue weighted by atomic mass is 10.0. The summed E-state index contributed by atoms with van der Waals surface area (Å²) >= 11 is 6.04. The van der Waals surface area contributed by atoms with Gasteiger partial charge in [-0.05, 0) is 47.9 Å². The van der Waals surface area contributed by atoms with Crippen molar-refractivity contribution in [2.45, 2.75) is 25.9 Å². The average Bonchev–Trinajstić information content (AvgIpc) is 3.47. The van der Waals surface area contributed by atoms with E-state index in [9.17, 15) is 9.59 Å². The van der Waals surface area contributed by atoms with Gasteiger partial charge in [-0.25, -0.2) is 4.79 Å². The minimum Gasteiger partial charge on any atom is -0.490 e. The minimum atomic E-state index is -0.254. The Bertz CT molecular complexity index is 1150. The Hall–Kier alpha value is -3.12. The Labute approximate surface area is 191 Å². The Balaban J connectivity index is 1.21. The van der Waals surface area contributed by atoms with Gasteiger partial charge in [-0.15, -0.1) is 0 Å². The van der Waals surface area contributed by atoms with Crippen LogP contribution < -0.4 is 4.74 Å². The first kappa shape index (κ1) is 20.8. The highest BCUT2D eigenvalue weighted by Crippen LogP contribution is 2.40. The normalized spacial score (nSPS) is 22.1. The lowest BCUT2D eigenvalue weighted by molar-refractivity contribution is 0.101. The molecule has 1 saturated heterocycles. The molecule has 0 bridgehead atoms. The molecule has 2 aliphatic rings. The van der Waals surface area contributed by atoms with Crippen LogP contribution in [0.4, 0.5) is 4.79 Å². The van der Waals surface area contributed by atoms with Crippen molar-refractivity contribution in [3.8, 4) is 16.9 Å². The van der Waals surface area contributed by atoms with E-state index in [1.54, 1.807) is 4.90 Å². The highest BCUT2D eigenvalue weighted by molar-refractivity contribution is 6.33. The molecule has 1 aliphatic heterocycles. The van der Waals surface area contributed by atoms with Gasteiger partial charge >= 0.3 is 6.03 Å². The predicted octanol–water partition coefficient (Wildman–Crippen LogP) is 5.16. The number of halogens is 1. The summed E-state index contributed by atoms with van der Waals surface area (Å²) in [6, 6.07) is 18.2. The number of likely N-dealkylation sites (tertiary alicyclic amines) is 1. The number of benzene rings is 2. The first-order valence-electron chi connectivity index (χ1n) is 10.9. The van der Waals surface area contributed by atoms with Crippen molar-refractivity contribution < 1.29 is 14.3 Å². The first-order valence-corrected chi connectivity index (χ1v) is 11.2. The number of rotatable bonds is 4. The van der Waals surface area contributed by atoms with Crippen LogP contribution >= 0.6 is 11.6 Å². The van der Waals surface area contributed by atoms with Crippen LogP contribution in [0.15, 0.2) is 60.8 Å². The van der Waals surface area contributed by atoms with Crippen LogP contribution in [0.1, 0.15) is 30.3 Å². The maximum atomic E-state index is 12.8. The maximum Gasteiger partial charge on any atom is 0.344 e. The van der Waals surface area contributed by atoms with Crippen molar-refractivity contribution >= 4 is 23.4 Å². The molecule has 3 atom stereocenters. The predicted molar refractivity (Wildman–Crippen MR) is 122 cm³/mol. The lowest BCUT2D eigenvalue weighted by Gasteiger charge is -2.20. The van der Waals surface area contributed by atoms with Crippen LogP contribution in [-0.4, -0.2) is 45.7 Å². The molecule has 3 aromatic rings. The molecular weight excluding hydrogens is 426 g/mol. The van der Waals surface area contributed by atoms with Gasteiger partial charge in [-0.3, -0.25) is 4.79 Å². The largest absolute Gasteiger partial charge is 0.490 e. The number of carbonyl (C=O) groups excluding carboxylic acids is 2. The van der Waals surface area contributed by atoms with E-state index in [1.165, 1.54) is 23.4 Å². The van der Waals surface area contributed by atoms with Crippen LogP contribution in [-0.2, 0) is 0 Å². The van der Waals surface area contributed by atoms with Gasteiger partial charge in [-0.2, -0.15) is 9.78 Å². The number of aromatic nitrogens is 2. The molecule has 1 aliphatic carbocycles. The third-order valence-electron chi connectivity index (χ3n) is 6.42. The number of Topliss-reactive ketones (excluding diaryl/α,β-unsaturated/α-hetero) is 1. The summed E-state index contributed by atoms with van der Waals surface area (Å²) in [7, 11) is 0. The molecule has 164 valence electrons. The zero-order chi connectivity index (χ0) is 22.2. The molecule has 1 amide bonds. The first-order chi connectivity index (χ1) is 15.5. The average molecular weight is 450 g/mol. The SMILES string of the molecule is CC(=O)c1nn(C(=O)N2C[C@H]3C[C@H](Oc4cccc(-c5ccccc5)c4)C[C@H]3C2)cc1Cl. The van der Waals surface area contributed by atoms with E-state index in [1.807, 2.05) is 30.3 Å². The quantitative estimate of drug-likeness (QED) is 0.516. The van der Waals surface area contributed by atoms with E-state index in [4.69, 9.17) is 16.3 Å². The summed E-state index contributed by atoms with van der Waals surface area (Å²) in [5, 5.41) is 4.28. The fourth-order valence-corrected chi connectivity index (χ4v) is 5.17. The molecule has 7 heteroatoms. The van der Waals surface area contributed by atoms with Crippen LogP contribution in [0.2, 0.25) is 5.02 Å². The van der Waals surface area contributed by atoms with E-state index >= 15 is 0 Å². The monoisotopic (exact) mass is 449 g/mol. The van der Waals surface area contributed by atoms with Gasteiger partial charge in [0, 0.05) is 20.0 Å². The number of ether oxygens (including phenoxy) is 1. The van der Waals surface area contributed by atoms with E-state index in [0.29, 0.717) is 24.9 Å². The van der Waals surface area contributed by atoms with Crippen molar-refractivity contribution in [2.75, 3.05) is 13.1 Å². The van der Waals surface area contributed by atoms with Crippen molar-refractivity contribution in [1.29, 1.82) is 0 Å². The summed E-state index contributed by atoms with van der Waals surface area (Å²) < 4.78 is 7.51. The highest BCUT2D eigenvalue weighted by atomic mass is 35.5. The summed E-state index contributed by atoms with van der Waals surface area (Å²) in [4.78, 5) is 26.2. The van der Waals surface area contributed by atoms with Crippen molar-refractivity contribution in [3.63, 3.8) is 0 Å². The maximum absolute atomic E-state index is 12.8. The van der Waals surface area contributed by atoms with Gasteiger partial charge in [0.1, 0.15) is 11.4 Å². The molecule has 2 aromatic carbocycles. The van der Waals surface area contributed by atoms with E-state index < -0.39 is 0 Å². The highest BCUT2D eigenvalue weighted by Gasteiger charge is 2.43. The zero-order valence-electron chi connectivity index (χ0n) is 17.8. The topological polar surface area (TPSA) is 64.4 Å². The fourth-order valence-electron chi connectivity index (χ4n) is 4.90. The number of hydrogen-bond acceptors (Lipinski definition) is 4. The summed E-state index contributed by atoms with van der Waals surface area (Å²) in [6.45, 7) is 2.72. The molecule has 0 unspecified atom stereocenters. The summed E-state index contributed by atoms with van der Waals surface area (Å²) in [5.41, 5.74) is 2.44. The van der Waals surface area contributed by atoms with Crippen LogP contribution in [0.3, 0.4) is 0 Å². The number of hydrogen-bond donors (Lipinski definition) is 0. The van der Waals surface area contributed by atoms with Crippen molar-refractivity contribution in [1.82, 2.24) is 14.7 Å². The second kappa shape index (κ2) is 8.43. The third-order valence-corrected chi connectivity index (χ3v) is 6.70. The molecule has 0 N–H and O–H groups in total. The molecule has 6 nitrogen and oxygen atoms in total. The van der Waals surface area contributed by atoms with Crippen LogP contribution in [0.25, 0.3) is 11.1 Å². The number of carbonyl (C=O) groups is 2. The molecule has 5 rings (SSSR count). The zero-order valence-corrected chi connectivity index (χ0v) is 18.5. The standard InChI is InChI=1S/C25H24ClN3O3/c1-16(30)24-23(26)15-29(27-24)25(31)28-13-19-11-22(12-20(19)14-28)32-21-9-5-8-18(10-21)17-6-3-2-4-7-17/h2-10,15,19-20,22H,11-14H2,1H3/t19-,20+,22+. The number of ketones is 1. The minimum absolute atomic E-state index is 0.130. The number of nitrogens with zero attached hydrogens (tertiary/aromatic N) is 3. The van der Waals surface area contributed by atoms with Gasteiger partial charge in [0.05, 0.1) is 17.3 Å².